The third kappa shape index (κ3) is 2.74. The van der Waals surface area contributed by atoms with Crippen molar-refractivity contribution in [3.8, 4) is 0 Å². The number of aliphatic hydroxyl groups is 1. The van der Waals surface area contributed by atoms with E-state index >= 15 is 0 Å². The van der Waals surface area contributed by atoms with Crippen molar-refractivity contribution in [3.05, 3.63) is 23.5 Å². The molecule has 0 amide bonds. The summed E-state index contributed by atoms with van der Waals surface area (Å²) >= 11 is 3.50. The van der Waals surface area contributed by atoms with E-state index in [1.807, 2.05) is 23.3 Å². The molecule has 0 saturated heterocycles. The van der Waals surface area contributed by atoms with E-state index < -0.39 is 0 Å². The van der Waals surface area contributed by atoms with Crippen molar-refractivity contribution >= 4 is 28.1 Å². The maximum atomic E-state index is 8.78. The fraction of sp³-hybridized carbons (Fsp3) is 0.500. The van der Waals surface area contributed by atoms with E-state index in [0.29, 0.717) is 5.25 Å². The van der Waals surface area contributed by atoms with Crippen molar-refractivity contribution in [2.45, 2.75) is 24.3 Å². The summed E-state index contributed by atoms with van der Waals surface area (Å²) in [6.07, 6.45) is 4.95. The summed E-state index contributed by atoms with van der Waals surface area (Å²) in [6, 6.07) is 0. The van der Waals surface area contributed by atoms with Gasteiger partial charge in [-0.15, -0.1) is 11.3 Å². The van der Waals surface area contributed by atoms with E-state index in [-0.39, 0.29) is 6.61 Å². The van der Waals surface area contributed by atoms with E-state index in [0.717, 1.165) is 22.8 Å². The number of hydrogen-bond acceptors (Lipinski definition) is 4. The van der Waals surface area contributed by atoms with Gasteiger partial charge in [0.15, 0.2) is 4.96 Å². The maximum absolute atomic E-state index is 8.78. The molecule has 0 aromatic carbocycles. The van der Waals surface area contributed by atoms with Crippen LogP contribution in [0.2, 0.25) is 0 Å². The second kappa shape index (κ2) is 5.01. The van der Waals surface area contributed by atoms with Gasteiger partial charge in [0, 0.05) is 35.4 Å². The maximum Gasteiger partial charge on any atom is 0.193 e. The molecule has 0 radical (unpaired) electrons. The van der Waals surface area contributed by atoms with Crippen molar-refractivity contribution in [2.75, 3.05) is 6.61 Å². The first-order chi connectivity index (χ1) is 7.29. The van der Waals surface area contributed by atoms with E-state index in [9.17, 15) is 0 Å². The van der Waals surface area contributed by atoms with Crippen LogP contribution in [0.5, 0.6) is 0 Å². The van der Waals surface area contributed by atoms with Gasteiger partial charge in [0.1, 0.15) is 0 Å². The van der Waals surface area contributed by atoms with Crippen LogP contribution >= 0.6 is 23.1 Å². The van der Waals surface area contributed by atoms with Crippen molar-refractivity contribution in [3.63, 3.8) is 0 Å². The molecule has 5 heteroatoms. The molecular formula is C10H14N2OS2. The molecule has 0 fully saturated rings. The third-order valence-electron chi connectivity index (χ3n) is 2.19. The Hall–Kier alpha value is -0.520. The van der Waals surface area contributed by atoms with Gasteiger partial charge >= 0.3 is 0 Å². The molecule has 3 nitrogen and oxygen atoms in total. The van der Waals surface area contributed by atoms with Gasteiger partial charge in [-0.25, -0.2) is 4.98 Å². The van der Waals surface area contributed by atoms with Crippen LogP contribution in [0.25, 0.3) is 4.96 Å². The molecule has 0 saturated carbocycles. The Kier molecular flexibility index (Phi) is 3.66. The molecule has 1 unspecified atom stereocenters. The van der Waals surface area contributed by atoms with Gasteiger partial charge in [0.2, 0.25) is 0 Å². The van der Waals surface area contributed by atoms with Gasteiger partial charge in [-0.1, -0.05) is 6.92 Å². The zero-order valence-electron chi connectivity index (χ0n) is 8.59. The van der Waals surface area contributed by atoms with Crippen LogP contribution < -0.4 is 0 Å². The van der Waals surface area contributed by atoms with E-state index in [1.165, 1.54) is 0 Å². The minimum Gasteiger partial charge on any atom is -0.396 e. The topological polar surface area (TPSA) is 37.5 Å². The Balaban J connectivity index is 1.92. The highest BCUT2D eigenvalue weighted by Crippen LogP contribution is 2.20. The SMILES string of the molecule is CC(CCO)SCc1cn2ccsc2n1. The smallest absolute Gasteiger partial charge is 0.193 e. The normalized spacial score (nSPS) is 13.5. The van der Waals surface area contributed by atoms with E-state index in [4.69, 9.17) is 5.11 Å². The van der Waals surface area contributed by atoms with E-state index in [1.54, 1.807) is 11.3 Å². The van der Waals surface area contributed by atoms with Crippen LogP contribution in [0.15, 0.2) is 17.8 Å². The number of thioether (sulfide) groups is 1. The molecule has 2 aromatic heterocycles. The average Bonchev–Trinajstić information content (AvgIpc) is 2.74. The number of nitrogens with zero attached hydrogens (tertiary/aromatic N) is 2. The highest BCUT2D eigenvalue weighted by atomic mass is 32.2. The number of aliphatic hydroxyl groups excluding tert-OH is 1. The quantitative estimate of drug-likeness (QED) is 0.875. The van der Waals surface area contributed by atoms with Gasteiger partial charge in [-0.3, -0.25) is 4.40 Å². The molecule has 0 aliphatic carbocycles. The van der Waals surface area contributed by atoms with Gasteiger partial charge in [-0.05, 0) is 6.42 Å². The predicted octanol–water partition coefficient (Wildman–Crippen LogP) is 2.40. The molecule has 2 aromatic rings. The van der Waals surface area contributed by atoms with Crippen molar-refractivity contribution < 1.29 is 5.11 Å². The second-order valence-electron chi connectivity index (χ2n) is 3.46. The van der Waals surface area contributed by atoms with Gasteiger partial charge in [0.25, 0.3) is 0 Å². The van der Waals surface area contributed by atoms with Crippen LogP contribution in [0.3, 0.4) is 0 Å². The standard InChI is InChI=1S/C10H14N2OS2/c1-8(2-4-13)15-7-9-6-12-3-5-14-10(12)11-9/h3,5-6,8,13H,2,4,7H2,1H3. The molecule has 0 aliphatic heterocycles. The zero-order chi connectivity index (χ0) is 10.7. The van der Waals surface area contributed by atoms with Crippen LogP contribution in [0, 0.1) is 0 Å². The number of fused-ring (bicyclic) bond motifs is 1. The molecule has 0 bridgehead atoms. The number of hydrogen-bond donors (Lipinski definition) is 1. The lowest BCUT2D eigenvalue weighted by Gasteiger charge is -2.06. The molecule has 15 heavy (non-hydrogen) atoms. The molecule has 1 N–H and O–H groups in total. The molecule has 1 atom stereocenters. The fourth-order valence-corrected chi connectivity index (χ4v) is 2.92. The number of thiazole rings is 1. The monoisotopic (exact) mass is 242 g/mol. The first kappa shape index (κ1) is 11.0. The first-order valence-corrected chi connectivity index (χ1v) is 6.86. The van der Waals surface area contributed by atoms with Crippen LogP contribution in [0.1, 0.15) is 19.0 Å². The van der Waals surface area contributed by atoms with Gasteiger partial charge < -0.3 is 5.11 Å². The second-order valence-corrected chi connectivity index (χ2v) is 5.76. The van der Waals surface area contributed by atoms with Crippen LogP contribution in [0.4, 0.5) is 0 Å². The minimum absolute atomic E-state index is 0.270. The summed E-state index contributed by atoms with van der Waals surface area (Å²) < 4.78 is 2.05. The summed E-state index contributed by atoms with van der Waals surface area (Å²) in [6.45, 7) is 2.41. The average molecular weight is 242 g/mol. The predicted molar refractivity (Wildman–Crippen MR) is 65.5 cm³/mol. The Morgan fingerprint density at radius 3 is 3.27 bits per heavy atom. The Morgan fingerprint density at radius 2 is 2.53 bits per heavy atom. The summed E-state index contributed by atoms with van der Waals surface area (Å²) in [5, 5.41) is 11.3. The van der Waals surface area contributed by atoms with Crippen molar-refractivity contribution in [2.24, 2.45) is 0 Å². The van der Waals surface area contributed by atoms with Crippen LogP contribution in [-0.2, 0) is 5.75 Å². The summed E-state index contributed by atoms with van der Waals surface area (Å²) in [4.78, 5) is 5.56. The van der Waals surface area contributed by atoms with Crippen LogP contribution in [-0.4, -0.2) is 26.3 Å². The molecule has 0 aliphatic rings. The lowest BCUT2D eigenvalue weighted by molar-refractivity contribution is 0.289. The largest absolute Gasteiger partial charge is 0.396 e. The summed E-state index contributed by atoms with van der Waals surface area (Å²) in [5.41, 5.74) is 1.12. The highest BCUT2D eigenvalue weighted by Gasteiger charge is 2.06. The summed E-state index contributed by atoms with van der Waals surface area (Å²) in [7, 11) is 0. The number of rotatable bonds is 5. The molecular weight excluding hydrogens is 228 g/mol. The Morgan fingerprint density at radius 1 is 1.67 bits per heavy atom. The first-order valence-electron chi connectivity index (χ1n) is 4.93. The van der Waals surface area contributed by atoms with Gasteiger partial charge in [0.05, 0.1) is 5.69 Å². The Labute approximate surface area is 97.2 Å². The number of imidazole rings is 1. The zero-order valence-corrected chi connectivity index (χ0v) is 10.2. The third-order valence-corrected chi connectivity index (χ3v) is 4.23. The van der Waals surface area contributed by atoms with Crippen molar-refractivity contribution in [1.29, 1.82) is 0 Å². The van der Waals surface area contributed by atoms with Crippen molar-refractivity contribution in [1.82, 2.24) is 9.38 Å². The fourth-order valence-electron chi connectivity index (χ4n) is 1.34. The lowest BCUT2D eigenvalue weighted by Crippen LogP contribution is -1.99. The van der Waals surface area contributed by atoms with Gasteiger partial charge in [-0.2, -0.15) is 11.8 Å². The molecule has 82 valence electrons. The Bertz CT molecular complexity index is 395. The lowest BCUT2D eigenvalue weighted by atomic mass is 10.3. The van der Waals surface area contributed by atoms with E-state index in [2.05, 4.69) is 22.5 Å². The molecule has 0 spiro atoms. The molecule has 2 rings (SSSR count). The minimum atomic E-state index is 0.270. The highest BCUT2D eigenvalue weighted by molar-refractivity contribution is 7.99. The number of aromatic nitrogens is 2. The molecule has 2 heterocycles. The summed E-state index contributed by atoms with van der Waals surface area (Å²) in [5.74, 6) is 0.926.